The monoisotopic (exact) mass is 323 g/mol. The number of halogens is 3. The molecule has 0 fully saturated rings. The lowest BCUT2D eigenvalue weighted by atomic mass is 10.1. The van der Waals surface area contributed by atoms with Gasteiger partial charge in [-0.1, -0.05) is 18.2 Å². The Bertz CT molecular complexity index is 629. The summed E-state index contributed by atoms with van der Waals surface area (Å²) in [5.41, 5.74) is 1.01. The molecule has 0 saturated carbocycles. The minimum atomic E-state index is -4.31. The quantitative estimate of drug-likeness (QED) is 0.764. The van der Waals surface area contributed by atoms with Crippen LogP contribution in [0.2, 0.25) is 0 Å². The second-order valence-corrected chi connectivity index (χ2v) is 5.22. The highest BCUT2D eigenvalue weighted by Crippen LogP contribution is 2.30. The Hall–Kier alpha value is -2.17. The summed E-state index contributed by atoms with van der Waals surface area (Å²) < 4.78 is 43.7. The highest BCUT2D eigenvalue weighted by atomic mass is 19.4. The Morgan fingerprint density at radius 1 is 1.17 bits per heavy atom. The lowest BCUT2D eigenvalue weighted by Crippen LogP contribution is -2.21. The van der Waals surface area contributed by atoms with Crippen LogP contribution in [-0.4, -0.2) is 18.6 Å². The Labute approximate surface area is 134 Å². The minimum Gasteiger partial charge on any atom is -0.497 e. The van der Waals surface area contributed by atoms with Gasteiger partial charge in [0.05, 0.1) is 12.7 Å². The molecule has 0 aliphatic heterocycles. The van der Waals surface area contributed by atoms with Crippen LogP contribution in [-0.2, 0) is 17.5 Å². The number of hydrogen-bond acceptors (Lipinski definition) is 2. The number of nitrogens with zero attached hydrogens (tertiary/aromatic N) is 1. The van der Waals surface area contributed by atoms with Crippen molar-refractivity contribution in [3.63, 3.8) is 0 Å². The fourth-order valence-corrected chi connectivity index (χ4v) is 2.44. The van der Waals surface area contributed by atoms with E-state index in [1.807, 2.05) is 36.1 Å². The molecule has 0 amide bonds. The first-order valence-corrected chi connectivity index (χ1v) is 7.47. The fourth-order valence-electron chi connectivity index (χ4n) is 2.44. The molecule has 0 atom stereocenters. The van der Waals surface area contributed by atoms with Gasteiger partial charge in [0.15, 0.2) is 0 Å². The van der Waals surface area contributed by atoms with Gasteiger partial charge in [0.1, 0.15) is 5.76 Å². The average molecular weight is 323 g/mol. The van der Waals surface area contributed by atoms with E-state index in [1.165, 1.54) is 12.1 Å². The predicted molar refractivity (Wildman–Crippen MR) is 84.5 cm³/mol. The molecule has 1 aromatic rings. The molecular formula is C18H20F3NO. The number of ether oxygens (including phenoxy) is 1. The molecule has 0 bridgehead atoms. The zero-order chi connectivity index (χ0) is 16.9. The highest BCUT2D eigenvalue weighted by molar-refractivity contribution is 5.31. The van der Waals surface area contributed by atoms with E-state index in [0.29, 0.717) is 18.7 Å². The van der Waals surface area contributed by atoms with Crippen LogP contribution in [0.25, 0.3) is 0 Å². The summed E-state index contributed by atoms with van der Waals surface area (Å²) >= 11 is 0. The van der Waals surface area contributed by atoms with Crippen molar-refractivity contribution in [1.29, 1.82) is 0 Å². The Morgan fingerprint density at radius 3 is 2.61 bits per heavy atom. The molecule has 0 saturated heterocycles. The number of alkyl halides is 3. The number of benzene rings is 1. The molecule has 1 aliphatic carbocycles. The number of allylic oxidation sites excluding steroid dienone is 4. The van der Waals surface area contributed by atoms with Crippen molar-refractivity contribution in [2.45, 2.75) is 26.1 Å². The minimum absolute atomic E-state index is 0.429. The molecule has 0 radical (unpaired) electrons. The zero-order valence-corrected chi connectivity index (χ0v) is 13.2. The Morgan fingerprint density at radius 2 is 1.96 bits per heavy atom. The van der Waals surface area contributed by atoms with E-state index in [1.54, 1.807) is 13.2 Å². The smallest absolute Gasteiger partial charge is 0.416 e. The fraction of sp³-hybridized carbons (Fsp3) is 0.333. The normalized spacial score (nSPS) is 14.8. The molecule has 1 aliphatic rings. The van der Waals surface area contributed by atoms with Crippen molar-refractivity contribution in [2.75, 3.05) is 13.7 Å². The summed E-state index contributed by atoms with van der Waals surface area (Å²) in [6.07, 6.45) is 4.21. The van der Waals surface area contributed by atoms with Crippen LogP contribution in [0.4, 0.5) is 13.2 Å². The van der Waals surface area contributed by atoms with Gasteiger partial charge in [-0.15, -0.1) is 0 Å². The van der Waals surface area contributed by atoms with E-state index in [2.05, 4.69) is 0 Å². The van der Waals surface area contributed by atoms with E-state index < -0.39 is 11.7 Å². The van der Waals surface area contributed by atoms with E-state index >= 15 is 0 Å². The van der Waals surface area contributed by atoms with Crippen LogP contribution < -0.4 is 0 Å². The third kappa shape index (κ3) is 4.65. The lowest BCUT2D eigenvalue weighted by Gasteiger charge is -2.24. The molecule has 2 nitrogen and oxygen atoms in total. The van der Waals surface area contributed by atoms with Crippen molar-refractivity contribution in [1.82, 2.24) is 4.90 Å². The number of rotatable bonds is 5. The van der Waals surface area contributed by atoms with Crippen molar-refractivity contribution in [2.24, 2.45) is 0 Å². The molecule has 0 heterocycles. The van der Waals surface area contributed by atoms with Crippen molar-refractivity contribution in [3.05, 3.63) is 71.2 Å². The molecule has 5 heteroatoms. The summed E-state index contributed by atoms with van der Waals surface area (Å²) in [5.74, 6) is 0.784. The SMILES string of the molecule is CCN(Cc1cccc(C(F)(F)F)c1)C1=CCC=C(OC)C=C1. The van der Waals surface area contributed by atoms with Gasteiger partial charge in [0, 0.05) is 18.8 Å². The van der Waals surface area contributed by atoms with Gasteiger partial charge >= 0.3 is 6.18 Å². The van der Waals surface area contributed by atoms with Crippen LogP contribution in [0.3, 0.4) is 0 Å². The van der Waals surface area contributed by atoms with Crippen LogP contribution in [0.5, 0.6) is 0 Å². The Balaban J connectivity index is 2.16. The molecule has 124 valence electrons. The van der Waals surface area contributed by atoms with E-state index in [0.717, 1.165) is 23.9 Å². The summed E-state index contributed by atoms with van der Waals surface area (Å²) in [6.45, 7) is 3.12. The van der Waals surface area contributed by atoms with Gasteiger partial charge in [-0.05, 0) is 49.3 Å². The molecule has 0 unspecified atom stereocenters. The van der Waals surface area contributed by atoms with Crippen LogP contribution in [0, 0.1) is 0 Å². The lowest BCUT2D eigenvalue weighted by molar-refractivity contribution is -0.137. The van der Waals surface area contributed by atoms with E-state index in [9.17, 15) is 13.2 Å². The average Bonchev–Trinajstić information content (AvgIpc) is 2.77. The van der Waals surface area contributed by atoms with Crippen molar-refractivity contribution < 1.29 is 17.9 Å². The second-order valence-electron chi connectivity index (χ2n) is 5.22. The Kier molecular flexibility index (Phi) is 5.53. The molecule has 2 rings (SSSR count). The number of methoxy groups -OCH3 is 1. The van der Waals surface area contributed by atoms with E-state index in [4.69, 9.17) is 4.74 Å². The first-order valence-electron chi connectivity index (χ1n) is 7.47. The first kappa shape index (κ1) is 17.2. The van der Waals surface area contributed by atoms with Crippen molar-refractivity contribution >= 4 is 0 Å². The third-order valence-corrected chi connectivity index (χ3v) is 3.67. The summed E-state index contributed by atoms with van der Waals surface area (Å²) in [7, 11) is 1.61. The summed E-state index contributed by atoms with van der Waals surface area (Å²) in [6, 6.07) is 5.48. The highest BCUT2D eigenvalue weighted by Gasteiger charge is 2.30. The molecule has 0 aromatic heterocycles. The largest absolute Gasteiger partial charge is 0.497 e. The molecule has 23 heavy (non-hydrogen) atoms. The van der Waals surface area contributed by atoms with Gasteiger partial charge in [0.2, 0.25) is 0 Å². The maximum Gasteiger partial charge on any atom is 0.416 e. The zero-order valence-electron chi connectivity index (χ0n) is 13.2. The van der Waals surface area contributed by atoms with Gasteiger partial charge in [0.25, 0.3) is 0 Å². The van der Waals surface area contributed by atoms with Gasteiger partial charge < -0.3 is 9.64 Å². The topological polar surface area (TPSA) is 12.5 Å². The molecular weight excluding hydrogens is 303 g/mol. The van der Waals surface area contributed by atoms with Gasteiger partial charge in [-0.2, -0.15) is 13.2 Å². The second kappa shape index (κ2) is 7.40. The van der Waals surface area contributed by atoms with Crippen LogP contribution in [0.15, 0.2) is 60.0 Å². The molecule has 0 N–H and O–H groups in total. The number of likely N-dealkylation sites (N-methyl/N-ethyl adjacent to an activating group) is 1. The van der Waals surface area contributed by atoms with Crippen LogP contribution in [0.1, 0.15) is 24.5 Å². The maximum absolute atomic E-state index is 12.8. The molecule has 1 aromatic carbocycles. The standard InChI is InChI=1S/C18H20F3NO/c1-3-22(16-8-5-9-17(23-2)11-10-16)13-14-6-4-7-15(12-14)18(19,20)21/h4,6-12H,3,5,13H2,1-2H3. The number of hydrogen-bond donors (Lipinski definition) is 0. The van der Waals surface area contributed by atoms with Gasteiger partial charge in [-0.3, -0.25) is 0 Å². The van der Waals surface area contributed by atoms with Crippen molar-refractivity contribution in [3.8, 4) is 0 Å². The third-order valence-electron chi connectivity index (χ3n) is 3.67. The predicted octanol–water partition coefficient (Wildman–Crippen LogP) is 4.90. The van der Waals surface area contributed by atoms with Gasteiger partial charge in [-0.25, -0.2) is 0 Å². The molecule has 0 spiro atoms. The summed E-state index contributed by atoms with van der Waals surface area (Å²) in [4.78, 5) is 2.04. The maximum atomic E-state index is 12.8. The van der Waals surface area contributed by atoms with Crippen LogP contribution >= 0.6 is 0 Å². The first-order chi connectivity index (χ1) is 10.9. The summed E-state index contributed by atoms with van der Waals surface area (Å²) in [5, 5.41) is 0. The van der Waals surface area contributed by atoms with E-state index in [-0.39, 0.29) is 0 Å².